The fraction of sp³-hybridized carbons (Fsp3) is 0.172. The summed E-state index contributed by atoms with van der Waals surface area (Å²) in [6, 6.07) is 32.2. The monoisotopic (exact) mass is 418 g/mol. The molecule has 152 valence electrons. The van der Waals surface area contributed by atoms with Gasteiger partial charge in [0.25, 0.3) is 0 Å². The van der Waals surface area contributed by atoms with Gasteiger partial charge in [-0.3, -0.25) is 0 Å². The van der Waals surface area contributed by atoms with Crippen LogP contribution in [0.25, 0.3) is 22.3 Å². The van der Waals surface area contributed by atoms with E-state index in [1.165, 1.54) is 54.9 Å². The molecule has 0 amide bonds. The van der Waals surface area contributed by atoms with Gasteiger partial charge in [-0.15, -0.1) is 0 Å². The minimum Gasteiger partial charge on any atom is -0.397 e. The predicted octanol–water partition coefficient (Wildman–Crippen LogP) is 5.01. The van der Waals surface area contributed by atoms with Crippen LogP contribution in [0.2, 0.25) is 12.6 Å². The highest BCUT2D eigenvalue weighted by Crippen LogP contribution is 2.39. The van der Waals surface area contributed by atoms with Crippen LogP contribution in [-0.4, -0.2) is 19.8 Å². The van der Waals surface area contributed by atoms with Crippen LogP contribution in [0, 0.1) is 0 Å². The summed E-state index contributed by atoms with van der Waals surface area (Å²) >= 11 is 0. The smallest absolute Gasteiger partial charge is 0.118 e. The van der Waals surface area contributed by atoms with E-state index in [4.69, 9.17) is 0 Å². The molecule has 0 fully saturated rings. The van der Waals surface area contributed by atoms with Gasteiger partial charge in [0.15, 0.2) is 0 Å². The molecule has 1 nitrogen and oxygen atoms in total. The molecule has 4 aromatic carbocycles. The highest BCUT2D eigenvalue weighted by atomic mass is 28.3. The Kier molecular flexibility index (Phi) is 4.27. The van der Waals surface area contributed by atoms with Crippen LogP contribution in [0.1, 0.15) is 22.3 Å². The molecule has 1 N–H and O–H groups in total. The Balaban J connectivity index is 1.56. The highest BCUT2D eigenvalue weighted by Gasteiger charge is 2.38. The summed E-state index contributed by atoms with van der Waals surface area (Å²) in [6.45, 7) is 2.70. The molecular formula is C29H26OSi. The van der Waals surface area contributed by atoms with Gasteiger partial charge in [-0.1, -0.05) is 102 Å². The maximum Gasteiger partial charge on any atom is 0.118 e. The fourth-order valence-corrected chi connectivity index (χ4v) is 9.97. The number of fused-ring (bicyclic) bond motifs is 6. The average Bonchev–Trinajstić information content (AvgIpc) is 3.37. The second kappa shape index (κ2) is 7.05. The van der Waals surface area contributed by atoms with Crippen LogP contribution in [0.3, 0.4) is 0 Å². The van der Waals surface area contributed by atoms with Crippen LogP contribution < -0.4 is 10.4 Å². The van der Waals surface area contributed by atoms with Crippen molar-refractivity contribution in [3.05, 3.63) is 107 Å². The first-order valence-corrected chi connectivity index (χ1v) is 13.9. The van der Waals surface area contributed by atoms with E-state index in [2.05, 4.69) is 91.5 Å². The van der Waals surface area contributed by atoms with Crippen molar-refractivity contribution in [2.24, 2.45) is 0 Å². The first-order chi connectivity index (χ1) is 15.2. The summed E-state index contributed by atoms with van der Waals surface area (Å²) in [6.07, 6.45) is 2.01. The SMILES string of the molecule is C[Si](CCO)(c1cccc2c1Cc1ccccc1-2)c1cccc2c1Cc1ccccc1-2. The van der Waals surface area contributed by atoms with Crippen LogP contribution in [0.5, 0.6) is 0 Å². The predicted molar refractivity (Wildman–Crippen MR) is 132 cm³/mol. The Hall–Kier alpha value is -2.94. The molecular weight excluding hydrogens is 392 g/mol. The van der Waals surface area contributed by atoms with Gasteiger partial charge < -0.3 is 5.11 Å². The molecule has 0 saturated carbocycles. The van der Waals surface area contributed by atoms with Gasteiger partial charge in [0, 0.05) is 6.61 Å². The number of aliphatic hydroxyl groups excluding tert-OH is 1. The van der Waals surface area contributed by atoms with Crippen molar-refractivity contribution in [2.75, 3.05) is 6.61 Å². The first kappa shape index (κ1) is 18.8. The van der Waals surface area contributed by atoms with Crippen LogP contribution >= 0.6 is 0 Å². The molecule has 2 heteroatoms. The van der Waals surface area contributed by atoms with Crippen molar-refractivity contribution in [3.63, 3.8) is 0 Å². The molecule has 2 aliphatic carbocycles. The maximum atomic E-state index is 10.2. The minimum atomic E-state index is -2.14. The molecule has 0 atom stereocenters. The number of rotatable bonds is 4. The van der Waals surface area contributed by atoms with Crippen LogP contribution in [0.15, 0.2) is 84.9 Å². The number of aliphatic hydroxyl groups is 1. The van der Waals surface area contributed by atoms with E-state index < -0.39 is 8.07 Å². The van der Waals surface area contributed by atoms with Crippen molar-refractivity contribution >= 4 is 18.4 Å². The zero-order valence-corrected chi connectivity index (χ0v) is 18.9. The van der Waals surface area contributed by atoms with E-state index >= 15 is 0 Å². The lowest BCUT2D eigenvalue weighted by molar-refractivity contribution is 0.317. The van der Waals surface area contributed by atoms with Gasteiger partial charge in [-0.25, -0.2) is 0 Å². The maximum absolute atomic E-state index is 10.2. The van der Waals surface area contributed by atoms with E-state index in [1.807, 2.05) is 0 Å². The standard InChI is InChI=1S/C29H26OSi/c1-31(17-16-30,28-14-6-12-24-22-10-4-2-8-20(22)18-26(24)28)29-15-7-13-25-23-11-5-3-9-21(23)19-27(25)29/h2-15,30H,16-19H2,1H3. The molecule has 0 bridgehead atoms. The van der Waals surface area contributed by atoms with Crippen molar-refractivity contribution in [3.8, 4) is 22.3 Å². The van der Waals surface area contributed by atoms with Gasteiger partial charge >= 0.3 is 0 Å². The second-order valence-electron chi connectivity index (χ2n) is 9.14. The zero-order chi connectivity index (χ0) is 21.0. The number of hydrogen-bond donors (Lipinski definition) is 1. The molecule has 0 heterocycles. The Labute approximate surface area is 185 Å². The van der Waals surface area contributed by atoms with Crippen LogP contribution in [0.4, 0.5) is 0 Å². The lowest BCUT2D eigenvalue weighted by Gasteiger charge is -2.32. The van der Waals surface area contributed by atoms with Crippen LogP contribution in [-0.2, 0) is 12.8 Å². The quantitative estimate of drug-likeness (QED) is 0.399. The molecule has 4 aromatic rings. The molecule has 31 heavy (non-hydrogen) atoms. The van der Waals surface area contributed by atoms with Crippen molar-refractivity contribution in [2.45, 2.75) is 25.4 Å². The lowest BCUT2D eigenvalue weighted by Crippen LogP contribution is -2.58. The molecule has 0 spiro atoms. The Morgan fingerprint density at radius 3 is 1.55 bits per heavy atom. The van der Waals surface area contributed by atoms with Crippen molar-refractivity contribution < 1.29 is 5.11 Å². The van der Waals surface area contributed by atoms with Crippen molar-refractivity contribution in [1.82, 2.24) is 0 Å². The molecule has 2 aliphatic rings. The van der Waals surface area contributed by atoms with Gasteiger partial charge in [-0.2, -0.15) is 0 Å². The highest BCUT2D eigenvalue weighted by molar-refractivity contribution is 7.02. The summed E-state index contributed by atoms with van der Waals surface area (Å²) in [5.41, 5.74) is 11.4. The average molecular weight is 419 g/mol. The summed E-state index contributed by atoms with van der Waals surface area (Å²) in [4.78, 5) is 0. The molecule has 0 unspecified atom stereocenters. The third-order valence-electron chi connectivity index (χ3n) is 7.50. The van der Waals surface area contributed by atoms with Gasteiger partial charge in [0.05, 0.1) is 0 Å². The molecule has 0 aromatic heterocycles. The second-order valence-corrected chi connectivity index (χ2v) is 13.4. The van der Waals surface area contributed by atoms with E-state index in [0.717, 1.165) is 18.9 Å². The third-order valence-corrected chi connectivity index (χ3v) is 12.0. The Morgan fingerprint density at radius 1 is 0.613 bits per heavy atom. The Bertz CT molecular complexity index is 1220. The van der Waals surface area contributed by atoms with E-state index in [1.54, 1.807) is 0 Å². The third kappa shape index (κ3) is 2.72. The molecule has 0 radical (unpaired) electrons. The summed E-state index contributed by atoms with van der Waals surface area (Å²) in [5.74, 6) is 0. The topological polar surface area (TPSA) is 20.2 Å². The lowest BCUT2D eigenvalue weighted by atomic mass is 10.1. The normalized spacial score (nSPS) is 13.5. The van der Waals surface area contributed by atoms with Crippen molar-refractivity contribution in [1.29, 1.82) is 0 Å². The van der Waals surface area contributed by atoms with Gasteiger partial charge in [-0.05, 0) is 63.4 Å². The summed E-state index contributed by atoms with van der Waals surface area (Å²) in [7, 11) is -2.14. The Morgan fingerprint density at radius 2 is 1.06 bits per heavy atom. The first-order valence-electron chi connectivity index (χ1n) is 11.2. The molecule has 6 rings (SSSR count). The number of benzene rings is 4. The largest absolute Gasteiger partial charge is 0.397 e. The minimum absolute atomic E-state index is 0.232. The molecule has 0 aliphatic heterocycles. The van der Waals surface area contributed by atoms with E-state index in [-0.39, 0.29) is 6.61 Å². The van der Waals surface area contributed by atoms with E-state index in [0.29, 0.717) is 0 Å². The van der Waals surface area contributed by atoms with Gasteiger partial charge in [0.2, 0.25) is 0 Å². The summed E-state index contributed by atoms with van der Waals surface area (Å²) in [5, 5.41) is 13.2. The molecule has 0 saturated heterocycles. The van der Waals surface area contributed by atoms with E-state index in [9.17, 15) is 5.11 Å². The fourth-order valence-electron chi connectivity index (χ4n) is 5.99. The summed E-state index contributed by atoms with van der Waals surface area (Å²) < 4.78 is 0. The number of hydrogen-bond acceptors (Lipinski definition) is 1. The van der Waals surface area contributed by atoms with Gasteiger partial charge in [0.1, 0.15) is 8.07 Å². The zero-order valence-electron chi connectivity index (χ0n) is 17.9.